The fourth-order valence-corrected chi connectivity index (χ4v) is 2.80. The maximum absolute atomic E-state index is 11.8. The van der Waals surface area contributed by atoms with Crippen molar-refractivity contribution in [1.29, 1.82) is 0 Å². The van der Waals surface area contributed by atoms with Gasteiger partial charge in [0.2, 0.25) is 0 Å². The molecule has 0 heterocycles. The molecule has 8 nitrogen and oxygen atoms in total. The fraction of sp³-hybridized carbons (Fsp3) is 0. The third-order valence-electron chi connectivity index (χ3n) is 3.94. The van der Waals surface area contributed by atoms with Crippen molar-refractivity contribution >= 4 is 22.7 Å². The van der Waals surface area contributed by atoms with E-state index >= 15 is 0 Å². The summed E-state index contributed by atoms with van der Waals surface area (Å²) in [4.78, 5) is 23.3. The lowest BCUT2D eigenvalue weighted by Crippen LogP contribution is -2.10. The average molecular weight is 356 g/mol. The fourth-order valence-electron chi connectivity index (χ4n) is 2.80. The molecule has 3 aromatic carbocycles. The van der Waals surface area contributed by atoms with Gasteiger partial charge in [0.1, 0.15) is 0 Å². The van der Waals surface area contributed by atoms with E-state index < -0.39 is 46.1 Å². The number of rotatable bonds is 3. The standard InChI is InChI=1S/C18H12O8/c19-11-2-1-7(4-12(11)20)15-9-6-14(22)13(21)5-8(9)3-10(17(23)24)16(15)18(25)26/h1-6,19-22H,(H,23,24)(H,25,26). The second-order valence-electron chi connectivity index (χ2n) is 5.55. The minimum atomic E-state index is -1.53. The molecule has 0 saturated heterocycles. The molecule has 6 N–H and O–H groups in total. The van der Waals surface area contributed by atoms with Crippen LogP contribution in [0.4, 0.5) is 0 Å². The highest BCUT2D eigenvalue weighted by atomic mass is 16.4. The molecule has 0 radical (unpaired) electrons. The van der Waals surface area contributed by atoms with E-state index in [4.69, 9.17) is 0 Å². The Morgan fingerprint density at radius 2 is 1.31 bits per heavy atom. The topological polar surface area (TPSA) is 156 Å². The lowest BCUT2D eigenvalue weighted by molar-refractivity contribution is 0.0652. The number of fused-ring (bicyclic) bond motifs is 1. The Kier molecular flexibility index (Phi) is 3.80. The highest BCUT2D eigenvalue weighted by molar-refractivity contribution is 6.15. The predicted molar refractivity (Wildman–Crippen MR) is 90.0 cm³/mol. The molecule has 0 spiro atoms. The Morgan fingerprint density at radius 3 is 1.88 bits per heavy atom. The van der Waals surface area contributed by atoms with E-state index in [1.807, 2.05) is 0 Å². The molecular weight excluding hydrogens is 344 g/mol. The van der Waals surface area contributed by atoms with Gasteiger partial charge in [-0.15, -0.1) is 0 Å². The number of aromatic carboxylic acids is 2. The van der Waals surface area contributed by atoms with Gasteiger partial charge in [-0.25, -0.2) is 9.59 Å². The molecule has 3 aromatic rings. The van der Waals surface area contributed by atoms with Gasteiger partial charge in [-0.3, -0.25) is 0 Å². The van der Waals surface area contributed by atoms with Crippen molar-refractivity contribution in [2.24, 2.45) is 0 Å². The molecule has 0 saturated carbocycles. The van der Waals surface area contributed by atoms with E-state index in [-0.39, 0.29) is 21.9 Å². The normalized spacial score (nSPS) is 10.8. The summed E-state index contributed by atoms with van der Waals surface area (Å²) in [6.07, 6.45) is 0. The summed E-state index contributed by atoms with van der Waals surface area (Å²) in [7, 11) is 0. The molecule has 132 valence electrons. The Morgan fingerprint density at radius 1 is 0.692 bits per heavy atom. The van der Waals surface area contributed by atoms with Gasteiger partial charge >= 0.3 is 11.9 Å². The molecule has 26 heavy (non-hydrogen) atoms. The first-order valence-electron chi connectivity index (χ1n) is 7.22. The predicted octanol–water partition coefficient (Wildman–Crippen LogP) is 2.73. The van der Waals surface area contributed by atoms with Gasteiger partial charge in [-0.1, -0.05) is 6.07 Å². The zero-order valence-corrected chi connectivity index (χ0v) is 13.0. The van der Waals surface area contributed by atoms with Crippen molar-refractivity contribution < 1.29 is 40.2 Å². The summed E-state index contributed by atoms with van der Waals surface area (Å²) in [5, 5.41) is 58.0. The van der Waals surface area contributed by atoms with Crippen molar-refractivity contribution in [3.05, 3.63) is 47.5 Å². The summed E-state index contributed by atoms with van der Waals surface area (Å²) >= 11 is 0. The number of hydrogen-bond donors (Lipinski definition) is 6. The highest BCUT2D eigenvalue weighted by Gasteiger charge is 2.25. The molecule has 0 aromatic heterocycles. The summed E-state index contributed by atoms with van der Waals surface area (Å²) < 4.78 is 0. The number of phenolic OH excluding ortho intramolecular Hbond substituents is 4. The lowest BCUT2D eigenvalue weighted by atomic mass is 9.89. The van der Waals surface area contributed by atoms with Crippen LogP contribution in [0.2, 0.25) is 0 Å². The van der Waals surface area contributed by atoms with Gasteiger partial charge < -0.3 is 30.6 Å². The summed E-state index contributed by atoms with van der Waals surface area (Å²) in [6.45, 7) is 0. The van der Waals surface area contributed by atoms with E-state index in [1.54, 1.807) is 0 Å². The number of hydrogen-bond acceptors (Lipinski definition) is 6. The van der Waals surface area contributed by atoms with E-state index in [9.17, 15) is 40.2 Å². The van der Waals surface area contributed by atoms with Gasteiger partial charge in [0.25, 0.3) is 0 Å². The largest absolute Gasteiger partial charge is 0.504 e. The zero-order chi connectivity index (χ0) is 19.2. The van der Waals surface area contributed by atoms with Gasteiger partial charge in [-0.2, -0.15) is 0 Å². The van der Waals surface area contributed by atoms with Crippen LogP contribution in [0.5, 0.6) is 23.0 Å². The Bertz CT molecular complexity index is 1080. The van der Waals surface area contributed by atoms with Crippen LogP contribution in [0.25, 0.3) is 21.9 Å². The van der Waals surface area contributed by atoms with Crippen LogP contribution in [0.1, 0.15) is 20.7 Å². The van der Waals surface area contributed by atoms with E-state index in [2.05, 4.69) is 0 Å². The number of carbonyl (C=O) groups is 2. The number of carboxylic acids is 2. The molecule has 0 aliphatic rings. The third kappa shape index (κ3) is 2.59. The zero-order valence-electron chi connectivity index (χ0n) is 13.0. The van der Waals surface area contributed by atoms with Crippen molar-refractivity contribution in [3.63, 3.8) is 0 Å². The molecular formula is C18H12O8. The molecule has 0 amide bonds. The Balaban J connectivity index is 2.56. The number of phenols is 4. The minimum Gasteiger partial charge on any atom is -0.504 e. The van der Waals surface area contributed by atoms with Gasteiger partial charge in [0.15, 0.2) is 23.0 Å². The molecule has 0 atom stereocenters. The van der Waals surface area contributed by atoms with Crippen LogP contribution < -0.4 is 0 Å². The van der Waals surface area contributed by atoms with Gasteiger partial charge in [0.05, 0.1) is 11.1 Å². The lowest BCUT2D eigenvalue weighted by Gasteiger charge is -2.15. The van der Waals surface area contributed by atoms with E-state index in [0.29, 0.717) is 0 Å². The first kappa shape index (κ1) is 16.9. The average Bonchev–Trinajstić information content (AvgIpc) is 2.56. The maximum Gasteiger partial charge on any atom is 0.337 e. The molecule has 0 bridgehead atoms. The van der Waals surface area contributed by atoms with Gasteiger partial charge in [-0.05, 0) is 46.7 Å². The molecule has 8 heteroatoms. The minimum absolute atomic E-state index is 0.0852. The second-order valence-corrected chi connectivity index (χ2v) is 5.55. The molecule has 0 unspecified atom stereocenters. The number of benzene rings is 3. The Hall–Kier alpha value is -3.94. The number of aromatic hydroxyl groups is 4. The molecule has 3 rings (SSSR count). The summed E-state index contributed by atoms with van der Waals surface area (Å²) in [5.74, 6) is -5.03. The van der Waals surface area contributed by atoms with E-state index in [1.165, 1.54) is 6.07 Å². The second kappa shape index (κ2) is 5.85. The van der Waals surface area contributed by atoms with Crippen LogP contribution in [0.15, 0.2) is 36.4 Å². The SMILES string of the molecule is O=C(O)c1cc2cc(O)c(O)cc2c(-c2ccc(O)c(O)c2)c1C(=O)O. The van der Waals surface area contributed by atoms with Gasteiger partial charge in [0, 0.05) is 5.56 Å². The highest BCUT2D eigenvalue weighted by Crippen LogP contribution is 2.41. The van der Waals surface area contributed by atoms with Crippen molar-refractivity contribution in [2.45, 2.75) is 0 Å². The number of carboxylic acid groups (broad SMARTS) is 2. The maximum atomic E-state index is 11.8. The summed E-state index contributed by atoms with van der Waals surface area (Å²) in [6, 6.07) is 6.77. The van der Waals surface area contributed by atoms with Crippen LogP contribution >= 0.6 is 0 Å². The van der Waals surface area contributed by atoms with E-state index in [0.717, 1.165) is 30.3 Å². The van der Waals surface area contributed by atoms with Crippen molar-refractivity contribution in [1.82, 2.24) is 0 Å². The molecule has 0 aliphatic heterocycles. The smallest absolute Gasteiger partial charge is 0.337 e. The summed E-state index contributed by atoms with van der Waals surface area (Å²) in [5.41, 5.74) is -1.06. The Labute approximate surface area is 145 Å². The first-order chi connectivity index (χ1) is 12.2. The first-order valence-corrected chi connectivity index (χ1v) is 7.22. The van der Waals surface area contributed by atoms with Crippen LogP contribution in [0.3, 0.4) is 0 Å². The molecule has 0 fully saturated rings. The van der Waals surface area contributed by atoms with Crippen molar-refractivity contribution in [2.75, 3.05) is 0 Å². The van der Waals surface area contributed by atoms with Crippen molar-refractivity contribution in [3.8, 4) is 34.1 Å². The monoisotopic (exact) mass is 356 g/mol. The third-order valence-corrected chi connectivity index (χ3v) is 3.94. The van der Waals surface area contributed by atoms with Crippen LogP contribution in [0, 0.1) is 0 Å². The molecule has 0 aliphatic carbocycles. The van der Waals surface area contributed by atoms with Crippen LogP contribution in [-0.4, -0.2) is 42.6 Å². The quantitative estimate of drug-likeness (QED) is 0.391. The van der Waals surface area contributed by atoms with Crippen LogP contribution in [-0.2, 0) is 0 Å².